The number of anilines is 1. The van der Waals surface area contributed by atoms with E-state index in [1.165, 1.54) is 25.6 Å². The van der Waals surface area contributed by atoms with Crippen molar-refractivity contribution in [3.63, 3.8) is 0 Å². The first-order valence-electron chi connectivity index (χ1n) is 9.17. The number of ether oxygens (including phenoxy) is 1. The number of rotatable bonds is 5. The molecule has 1 aliphatic rings. The maximum atomic E-state index is 12.8. The Morgan fingerprint density at radius 1 is 1.21 bits per heavy atom. The molecule has 8 heteroatoms. The highest BCUT2D eigenvalue weighted by Crippen LogP contribution is 2.36. The number of aromatic amines is 1. The fraction of sp³-hybridized carbons (Fsp3) is 0.333. The summed E-state index contributed by atoms with van der Waals surface area (Å²) >= 11 is 1.41. The second-order valence-corrected chi connectivity index (χ2v) is 8.44. The summed E-state index contributed by atoms with van der Waals surface area (Å²) in [7, 11) is 0. The fourth-order valence-corrected chi connectivity index (χ4v) is 4.28. The van der Waals surface area contributed by atoms with Crippen LogP contribution in [-0.4, -0.2) is 39.8 Å². The predicted octanol–water partition coefficient (Wildman–Crippen LogP) is 3.70. The van der Waals surface area contributed by atoms with E-state index < -0.39 is 17.9 Å². The zero-order chi connectivity index (χ0) is 21.5. The molecule has 0 radical (unpaired) electrons. The zero-order valence-corrected chi connectivity index (χ0v) is 17.7. The van der Waals surface area contributed by atoms with Crippen molar-refractivity contribution in [1.29, 1.82) is 0 Å². The molecule has 0 saturated heterocycles. The molecule has 29 heavy (non-hydrogen) atoms. The van der Waals surface area contributed by atoms with Crippen LogP contribution in [0.2, 0.25) is 0 Å². The summed E-state index contributed by atoms with van der Waals surface area (Å²) in [5.74, 6) is -1.35. The monoisotopic (exact) mass is 414 g/mol. The highest BCUT2D eigenvalue weighted by molar-refractivity contribution is 8.00. The van der Waals surface area contributed by atoms with E-state index in [0.29, 0.717) is 22.5 Å². The standard InChI is InChI=1S/C21H22N2O5S/c1-9-17(11(3)24)10(2)22-18(9)19(25)12(4)28-21(27)14-6-7-16-15(8-14)23-20(26)13(5)29-16/h6-8,12-13,22H,1-5H3,(H,23,26)/t12-,13+/m1/s1. The van der Waals surface area contributed by atoms with Crippen LogP contribution in [0, 0.1) is 13.8 Å². The number of nitrogens with one attached hydrogen (secondary N) is 2. The number of fused-ring (bicyclic) bond motifs is 1. The molecule has 0 bridgehead atoms. The number of Topliss-reactive ketones (excluding diaryl/α,β-unsaturated/α-hetero) is 2. The van der Waals surface area contributed by atoms with Gasteiger partial charge in [-0.1, -0.05) is 0 Å². The normalized spacial score (nSPS) is 16.6. The SMILES string of the molecule is CC(=O)c1c(C)[nH]c(C(=O)[C@@H](C)OC(=O)c2ccc3c(c2)NC(=O)[C@H](C)S3)c1C. The number of carbonyl (C=O) groups is 4. The average Bonchev–Trinajstić information content (AvgIpc) is 2.95. The van der Waals surface area contributed by atoms with Gasteiger partial charge in [-0.05, 0) is 58.4 Å². The van der Waals surface area contributed by atoms with Gasteiger partial charge >= 0.3 is 5.97 Å². The van der Waals surface area contributed by atoms with Crippen molar-refractivity contribution < 1.29 is 23.9 Å². The Bertz CT molecular complexity index is 1040. The molecule has 0 unspecified atom stereocenters. The molecule has 1 aliphatic heterocycles. The zero-order valence-electron chi connectivity index (χ0n) is 16.8. The Labute approximate surface area is 172 Å². The molecular formula is C21H22N2O5S. The van der Waals surface area contributed by atoms with Gasteiger partial charge in [-0.15, -0.1) is 11.8 Å². The third kappa shape index (κ3) is 3.98. The van der Waals surface area contributed by atoms with Crippen molar-refractivity contribution in [1.82, 2.24) is 4.98 Å². The van der Waals surface area contributed by atoms with Gasteiger partial charge in [0.1, 0.15) is 0 Å². The molecule has 1 aromatic heterocycles. The van der Waals surface area contributed by atoms with Gasteiger partial charge in [0.25, 0.3) is 0 Å². The maximum Gasteiger partial charge on any atom is 0.338 e. The Hall–Kier alpha value is -2.87. The van der Waals surface area contributed by atoms with Gasteiger partial charge in [0.2, 0.25) is 11.7 Å². The van der Waals surface area contributed by atoms with Gasteiger partial charge < -0.3 is 15.0 Å². The summed E-state index contributed by atoms with van der Waals surface area (Å²) in [5, 5.41) is 2.56. The van der Waals surface area contributed by atoms with Crippen LogP contribution in [0.25, 0.3) is 0 Å². The van der Waals surface area contributed by atoms with E-state index in [1.54, 1.807) is 39.0 Å². The number of thioether (sulfide) groups is 1. The molecule has 1 aromatic carbocycles. The molecule has 1 amide bonds. The molecule has 0 aliphatic carbocycles. The summed E-state index contributed by atoms with van der Waals surface area (Å²) in [6.07, 6.45) is -1.04. The van der Waals surface area contributed by atoms with Gasteiger partial charge in [-0.25, -0.2) is 4.79 Å². The first-order valence-corrected chi connectivity index (χ1v) is 10.0. The lowest BCUT2D eigenvalue weighted by Crippen LogP contribution is -2.27. The number of hydrogen-bond donors (Lipinski definition) is 2. The first-order chi connectivity index (χ1) is 13.6. The first kappa shape index (κ1) is 20.9. The molecule has 7 nitrogen and oxygen atoms in total. The van der Waals surface area contributed by atoms with E-state index in [4.69, 9.17) is 4.74 Å². The Kier molecular flexibility index (Phi) is 5.66. The number of ketones is 2. The fourth-order valence-electron chi connectivity index (χ4n) is 3.35. The van der Waals surface area contributed by atoms with Crippen molar-refractivity contribution in [3.8, 4) is 0 Å². The maximum absolute atomic E-state index is 12.8. The lowest BCUT2D eigenvalue weighted by Gasteiger charge is -2.21. The number of hydrogen-bond acceptors (Lipinski definition) is 6. The third-order valence-corrected chi connectivity index (χ3v) is 6.01. The van der Waals surface area contributed by atoms with Gasteiger partial charge in [0.05, 0.1) is 22.2 Å². The minimum absolute atomic E-state index is 0.129. The molecule has 2 N–H and O–H groups in total. The van der Waals surface area contributed by atoms with Crippen LogP contribution >= 0.6 is 11.8 Å². The van der Waals surface area contributed by atoms with Crippen LogP contribution in [0.15, 0.2) is 23.1 Å². The second kappa shape index (κ2) is 7.87. The van der Waals surface area contributed by atoms with Crippen molar-refractivity contribution in [2.45, 2.75) is 50.9 Å². The van der Waals surface area contributed by atoms with Crippen LogP contribution < -0.4 is 5.32 Å². The van der Waals surface area contributed by atoms with Crippen molar-refractivity contribution in [2.75, 3.05) is 5.32 Å². The quantitative estimate of drug-likeness (QED) is 0.571. The minimum atomic E-state index is -1.04. The number of benzene rings is 1. The Morgan fingerprint density at radius 3 is 2.52 bits per heavy atom. The average molecular weight is 414 g/mol. The largest absolute Gasteiger partial charge is 0.451 e. The molecule has 0 fully saturated rings. The third-order valence-electron chi connectivity index (χ3n) is 4.84. The summed E-state index contributed by atoms with van der Waals surface area (Å²) < 4.78 is 5.34. The Morgan fingerprint density at radius 2 is 1.90 bits per heavy atom. The van der Waals surface area contributed by atoms with Crippen molar-refractivity contribution in [2.24, 2.45) is 0 Å². The van der Waals surface area contributed by atoms with E-state index in [2.05, 4.69) is 10.3 Å². The van der Waals surface area contributed by atoms with Crippen molar-refractivity contribution in [3.05, 3.63) is 46.3 Å². The smallest absolute Gasteiger partial charge is 0.338 e. The number of aryl methyl sites for hydroxylation is 1. The van der Waals surface area contributed by atoms with Crippen LogP contribution in [0.1, 0.15) is 63.2 Å². The van der Waals surface area contributed by atoms with E-state index >= 15 is 0 Å². The van der Waals surface area contributed by atoms with Crippen LogP contribution in [-0.2, 0) is 9.53 Å². The molecule has 0 spiro atoms. The van der Waals surface area contributed by atoms with Gasteiger partial charge in [-0.3, -0.25) is 14.4 Å². The highest BCUT2D eigenvalue weighted by atomic mass is 32.2. The minimum Gasteiger partial charge on any atom is -0.451 e. The Balaban J connectivity index is 1.77. The van der Waals surface area contributed by atoms with Crippen LogP contribution in [0.3, 0.4) is 0 Å². The molecule has 152 valence electrons. The van der Waals surface area contributed by atoms with Gasteiger partial charge in [0.15, 0.2) is 11.9 Å². The lowest BCUT2D eigenvalue weighted by atomic mass is 10.0. The van der Waals surface area contributed by atoms with E-state index in [0.717, 1.165) is 4.90 Å². The van der Waals surface area contributed by atoms with E-state index in [-0.39, 0.29) is 28.2 Å². The summed E-state index contributed by atoms with van der Waals surface area (Å²) in [6.45, 7) is 8.14. The predicted molar refractivity (Wildman–Crippen MR) is 110 cm³/mol. The lowest BCUT2D eigenvalue weighted by molar-refractivity contribution is -0.115. The van der Waals surface area contributed by atoms with Crippen LogP contribution in [0.4, 0.5) is 5.69 Å². The molecule has 0 saturated carbocycles. The molecule has 2 heterocycles. The van der Waals surface area contributed by atoms with Crippen molar-refractivity contribution >= 4 is 40.9 Å². The molecular weight excluding hydrogens is 392 g/mol. The summed E-state index contributed by atoms with van der Waals surface area (Å²) in [4.78, 5) is 52.7. The molecule has 2 aromatic rings. The number of H-pyrrole nitrogens is 1. The number of aromatic nitrogens is 1. The second-order valence-electron chi connectivity index (χ2n) is 7.05. The molecule has 3 rings (SSSR count). The molecule has 2 atom stereocenters. The van der Waals surface area contributed by atoms with Gasteiger partial charge in [-0.2, -0.15) is 0 Å². The highest BCUT2D eigenvalue weighted by Gasteiger charge is 2.28. The van der Waals surface area contributed by atoms with Gasteiger partial charge in [0, 0.05) is 16.2 Å². The van der Waals surface area contributed by atoms with E-state index in [9.17, 15) is 19.2 Å². The summed E-state index contributed by atoms with van der Waals surface area (Å²) in [6, 6.07) is 4.90. The number of amides is 1. The topological polar surface area (TPSA) is 105 Å². The number of esters is 1. The van der Waals surface area contributed by atoms with E-state index in [1.807, 2.05) is 0 Å². The number of carbonyl (C=O) groups excluding carboxylic acids is 4. The summed E-state index contributed by atoms with van der Waals surface area (Å²) in [5.41, 5.74) is 2.68. The van der Waals surface area contributed by atoms with Crippen LogP contribution in [0.5, 0.6) is 0 Å².